The molecule has 2 aliphatic heterocycles. The molecule has 2 aliphatic rings. The maximum Gasteiger partial charge on any atom is 0.179 e. The van der Waals surface area contributed by atoms with Crippen molar-refractivity contribution in [2.45, 2.75) is 45.2 Å². The van der Waals surface area contributed by atoms with Crippen LogP contribution < -0.4 is 9.47 Å². The zero-order valence-corrected chi connectivity index (χ0v) is 13.3. The number of halogens is 1. The molecule has 3 rings (SSSR count). The zero-order valence-electron chi connectivity index (χ0n) is 12.5. The van der Waals surface area contributed by atoms with Gasteiger partial charge in [0.2, 0.25) is 0 Å². The van der Waals surface area contributed by atoms with E-state index in [4.69, 9.17) is 21.1 Å². The molecule has 0 amide bonds. The van der Waals surface area contributed by atoms with Crippen molar-refractivity contribution >= 4 is 17.8 Å². The minimum absolute atomic E-state index is 0.484. The van der Waals surface area contributed by atoms with Gasteiger partial charge in [0.25, 0.3) is 0 Å². The minimum atomic E-state index is 0.484. The molecule has 5 heteroatoms. The van der Waals surface area contributed by atoms with E-state index >= 15 is 0 Å². The molecule has 0 saturated carbocycles. The fourth-order valence-electron chi connectivity index (χ4n) is 2.97. The Kier molecular flexibility index (Phi) is 4.24. The van der Waals surface area contributed by atoms with Gasteiger partial charge in [-0.25, -0.2) is 0 Å². The lowest BCUT2D eigenvalue weighted by molar-refractivity contribution is 0.109. The summed E-state index contributed by atoms with van der Waals surface area (Å²) in [5, 5.41) is 7.42. The summed E-state index contributed by atoms with van der Waals surface area (Å²) in [6.07, 6.45) is 5.54. The summed E-state index contributed by atoms with van der Waals surface area (Å²) in [4.78, 5) is 0. The summed E-state index contributed by atoms with van der Waals surface area (Å²) in [5.74, 6) is 1.34. The number of benzene rings is 1. The van der Waals surface area contributed by atoms with E-state index in [9.17, 15) is 0 Å². The SMILES string of the molecule is C[C@@H]1CCC[C@H](C)N1/N=C\c1cc(Cl)c2c(c1)OCCO2. The Morgan fingerprint density at radius 1 is 1.19 bits per heavy atom. The highest BCUT2D eigenvalue weighted by molar-refractivity contribution is 6.32. The molecule has 2 heterocycles. The van der Waals surface area contributed by atoms with Crippen LogP contribution in [-0.2, 0) is 0 Å². The monoisotopic (exact) mass is 308 g/mol. The van der Waals surface area contributed by atoms with Crippen LogP contribution in [0.4, 0.5) is 0 Å². The smallest absolute Gasteiger partial charge is 0.179 e. The van der Waals surface area contributed by atoms with Crippen LogP contribution in [0.5, 0.6) is 11.5 Å². The van der Waals surface area contributed by atoms with Gasteiger partial charge in [0, 0.05) is 12.1 Å². The first-order valence-electron chi connectivity index (χ1n) is 7.56. The normalized spacial score (nSPS) is 25.4. The van der Waals surface area contributed by atoms with Crippen LogP contribution in [0.3, 0.4) is 0 Å². The van der Waals surface area contributed by atoms with E-state index in [0.717, 1.165) is 5.56 Å². The minimum Gasteiger partial charge on any atom is -0.486 e. The van der Waals surface area contributed by atoms with Crippen LogP contribution in [0.1, 0.15) is 38.7 Å². The summed E-state index contributed by atoms with van der Waals surface area (Å²) >= 11 is 6.25. The first-order valence-corrected chi connectivity index (χ1v) is 7.94. The molecular formula is C16H21ClN2O2. The fourth-order valence-corrected chi connectivity index (χ4v) is 3.25. The predicted octanol–water partition coefficient (Wildman–Crippen LogP) is 3.71. The van der Waals surface area contributed by atoms with Crippen molar-refractivity contribution in [3.05, 3.63) is 22.7 Å². The van der Waals surface area contributed by atoms with E-state index in [-0.39, 0.29) is 0 Å². The van der Waals surface area contributed by atoms with E-state index in [0.29, 0.717) is 41.8 Å². The summed E-state index contributed by atoms with van der Waals surface area (Å²) in [5.41, 5.74) is 0.939. The second kappa shape index (κ2) is 6.14. The molecule has 1 aromatic rings. The van der Waals surface area contributed by atoms with Gasteiger partial charge < -0.3 is 9.47 Å². The largest absolute Gasteiger partial charge is 0.486 e. The third kappa shape index (κ3) is 3.10. The molecule has 0 spiro atoms. The molecule has 1 aromatic carbocycles. The number of hydrazone groups is 1. The number of piperidine rings is 1. The van der Waals surface area contributed by atoms with Crippen molar-refractivity contribution in [3.8, 4) is 11.5 Å². The van der Waals surface area contributed by atoms with Crippen molar-refractivity contribution in [1.82, 2.24) is 5.01 Å². The Balaban J connectivity index is 1.81. The Hall–Kier alpha value is -1.42. The molecule has 0 bridgehead atoms. The van der Waals surface area contributed by atoms with Gasteiger partial charge >= 0.3 is 0 Å². The van der Waals surface area contributed by atoms with Crippen molar-refractivity contribution in [2.75, 3.05) is 13.2 Å². The van der Waals surface area contributed by atoms with E-state index in [1.165, 1.54) is 19.3 Å². The number of fused-ring (bicyclic) bond motifs is 1. The van der Waals surface area contributed by atoms with Gasteiger partial charge in [-0.3, -0.25) is 5.01 Å². The van der Waals surface area contributed by atoms with Crippen molar-refractivity contribution in [3.63, 3.8) is 0 Å². The second-order valence-electron chi connectivity index (χ2n) is 5.78. The quantitative estimate of drug-likeness (QED) is 0.781. The zero-order chi connectivity index (χ0) is 14.8. The molecule has 2 atom stereocenters. The molecular weight excluding hydrogens is 288 g/mol. The first-order chi connectivity index (χ1) is 10.1. The lowest BCUT2D eigenvalue weighted by Gasteiger charge is -2.36. The fraction of sp³-hybridized carbons (Fsp3) is 0.562. The highest BCUT2D eigenvalue weighted by Crippen LogP contribution is 2.38. The standard InChI is InChI=1S/C16H21ClN2O2/c1-11-4-3-5-12(2)19(11)18-10-13-8-14(17)16-15(9-13)20-6-7-21-16/h8-12H,3-7H2,1-2H3/b18-10-/t11-,12+. The Labute approximate surface area is 130 Å². The Morgan fingerprint density at radius 3 is 2.67 bits per heavy atom. The van der Waals surface area contributed by atoms with Crippen molar-refractivity contribution in [1.29, 1.82) is 0 Å². The van der Waals surface area contributed by atoms with Gasteiger partial charge in [0.1, 0.15) is 13.2 Å². The lowest BCUT2D eigenvalue weighted by Crippen LogP contribution is -2.39. The third-order valence-corrected chi connectivity index (χ3v) is 4.39. The molecule has 0 aliphatic carbocycles. The molecule has 0 radical (unpaired) electrons. The molecule has 0 N–H and O–H groups in total. The maximum absolute atomic E-state index is 6.25. The van der Waals surface area contributed by atoms with Gasteiger partial charge in [-0.2, -0.15) is 5.10 Å². The topological polar surface area (TPSA) is 34.1 Å². The van der Waals surface area contributed by atoms with Gasteiger partial charge in [0.15, 0.2) is 11.5 Å². The van der Waals surface area contributed by atoms with E-state index in [1.54, 1.807) is 0 Å². The number of nitrogens with zero attached hydrogens (tertiary/aromatic N) is 2. The second-order valence-corrected chi connectivity index (χ2v) is 6.19. The highest BCUT2D eigenvalue weighted by atomic mass is 35.5. The van der Waals surface area contributed by atoms with E-state index < -0.39 is 0 Å². The Morgan fingerprint density at radius 2 is 1.90 bits per heavy atom. The number of rotatable bonds is 2. The summed E-state index contributed by atoms with van der Waals surface area (Å²) in [7, 11) is 0. The molecule has 0 unspecified atom stereocenters. The van der Waals surface area contributed by atoms with Crippen molar-refractivity contribution < 1.29 is 9.47 Å². The van der Waals surface area contributed by atoms with Gasteiger partial charge in [-0.05, 0) is 50.8 Å². The molecule has 4 nitrogen and oxygen atoms in total. The molecule has 1 fully saturated rings. The first kappa shape index (κ1) is 14.5. The third-order valence-electron chi connectivity index (χ3n) is 4.11. The summed E-state index contributed by atoms with van der Waals surface area (Å²) in [6, 6.07) is 4.77. The van der Waals surface area contributed by atoms with Crippen LogP contribution in [0.25, 0.3) is 0 Å². The molecule has 1 saturated heterocycles. The van der Waals surface area contributed by atoms with Crippen LogP contribution in [0.2, 0.25) is 5.02 Å². The number of hydrogen-bond donors (Lipinski definition) is 0. The predicted molar refractivity (Wildman–Crippen MR) is 84.7 cm³/mol. The van der Waals surface area contributed by atoms with Crippen LogP contribution in [0.15, 0.2) is 17.2 Å². The molecule has 114 valence electrons. The van der Waals surface area contributed by atoms with Crippen molar-refractivity contribution in [2.24, 2.45) is 5.10 Å². The Bertz CT molecular complexity index is 537. The number of ether oxygens (including phenoxy) is 2. The molecule has 0 aromatic heterocycles. The van der Waals surface area contributed by atoms with Gasteiger partial charge in [0.05, 0.1) is 11.2 Å². The molecule has 21 heavy (non-hydrogen) atoms. The van der Waals surface area contributed by atoms with Crippen LogP contribution in [0, 0.1) is 0 Å². The van der Waals surface area contributed by atoms with E-state index in [2.05, 4.69) is 24.0 Å². The van der Waals surface area contributed by atoms with Gasteiger partial charge in [-0.1, -0.05) is 11.6 Å². The van der Waals surface area contributed by atoms with Gasteiger partial charge in [-0.15, -0.1) is 0 Å². The summed E-state index contributed by atoms with van der Waals surface area (Å²) < 4.78 is 11.1. The summed E-state index contributed by atoms with van der Waals surface area (Å²) in [6.45, 7) is 5.56. The maximum atomic E-state index is 6.25. The van der Waals surface area contributed by atoms with Crippen LogP contribution in [-0.4, -0.2) is 36.5 Å². The average molecular weight is 309 g/mol. The lowest BCUT2D eigenvalue weighted by atomic mass is 10.00. The highest BCUT2D eigenvalue weighted by Gasteiger charge is 2.23. The van der Waals surface area contributed by atoms with E-state index in [1.807, 2.05) is 18.3 Å². The van der Waals surface area contributed by atoms with Crippen LogP contribution >= 0.6 is 11.6 Å². The number of hydrogen-bond acceptors (Lipinski definition) is 4. The average Bonchev–Trinajstić information content (AvgIpc) is 2.47.